The molecule has 0 saturated carbocycles. The quantitative estimate of drug-likeness (QED) is 0.631. The van der Waals surface area contributed by atoms with Crippen molar-refractivity contribution in [3.63, 3.8) is 0 Å². The summed E-state index contributed by atoms with van der Waals surface area (Å²) in [5.41, 5.74) is 8.82. The number of fused-ring (bicyclic) bond motifs is 2. The molecule has 148 valence electrons. The predicted octanol–water partition coefficient (Wildman–Crippen LogP) is 1.97. The van der Waals surface area contributed by atoms with E-state index < -0.39 is 13.0 Å². The lowest BCUT2D eigenvalue weighted by Crippen LogP contribution is -2.39. The third-order valence-corrected chi connectivity index (χ3v) is 4.99. The fourth-order valence-electron chi connectivity index (χ4n) is 3.53. The Balaban J connectivity index is 0.00000240. The van der Waals surface area contributed by atoms with Crippen LogP contribution < -0.4 is 11.2 Å². The Morgan fingerprint density at radius 1 is 1.21 bits per heavy atom. The van der Waals surface area contributed by atoms with Gasteiger partial charge in [0.2, 0.25) is 0 Å². The van der Waals surface area contributed by atoms with Gasteiger partial charge < -0.3 is 15.4 Å². The number of aromatic nitrogens is 1. The van der Waals surface area contributed by atoms with Gasteiger partial charge in [-0.2, -0.15) is 13.5 Å². The molecule has 0 bridgehead atoms. The van der Waals surface area contributed by atoms with Crippen molar-refractivity contribution >= 4 is 54.2 Å². The van der Waals surface area contributed by atoms with Crippen molar-refractivity contribution < 1.29 is 14.5 Å². The number of hydrogen-bond donors (Lipinski definition) is 2. The van der Waals surface area contributed by atoms with Crippen LogP contribution in [0, 0.1) is 0 Å². The van der Waals surface area contributed by atoms with E-state index >= 15 is 0 Å². The summed E-state index contributed by atoms with van der Waals surface area (Å²) in [5.74, 6) is -0.0231. The maximum absolute atomic E-state index is 13.0. The van der Waals surface area contributed by atoms with Crippen LogP contribution in [0.3, 0.4) is 0 Å². The van der Waals surface area contributed by atoms with E-state index in [1.807, 2.05) is 30.3 Å². The van der Waals surface area contributed by atoms with Gasteiger partial charge in [0.25, 0.3) is 0 Å². The normalized spacial score (nSPS) is 13.8. The van der Waals surface area contributed by atoms with Gasteiger partial charge in [-0.15, -0.1) is 0 Å². The van der Waals surface area contributed by atoms with E-state index in [1.165, 1.54) is 0 Å². The molecule has 0 aliphatic carbocycles. The Hall–Kier alpha value is -2.68. The Morgan fingerprint density at radius 3 is 2.83 bits per heavy atom. The lowest BCUT2D eigenvalue weighted by molar-refractivity contribution is -0.119. The maximum atomic E-state index is 13.0. The fraction of sp³-hybridized carbons (Fsp3) is 0.190. The van der Waals surface area contributed by atoms with Gasteiger partial charge in [-0.1, -0.05) is 30.3 Å². The van der Waals surface area contributed by atoms with E-state index in [-0.39, 0.29) is 32.2 Å². The average molecular weight is 407 g/mol. The first-order chi connectivity index (χ1) is 13.5. The number of carbonyl (C=O) groups is 1. The van der Waals surface area contributed by atoms with Gasteiger partial charge in [-0.05, 0) is 28.6 Å². The molecule has 1 aromatic heterocycles. The standard InChI is InChI=1S/C21H20BN3O3.H2S/c1-13-25-20-5-4-16(10-19(20)22(27)28-13)18(11-23)21(26)9-14-2-3-17-12-24-7-6-15(17)8-14;/h2-8,10,12,18,27H,9,11,23H2,1H3;1H2/t18-;/m1./s1. The van der Waals surface area contributed by atoms with E-state index in [1.54, 1.807) is 31.5 Å². The lowest BCUT2D eigenvalue weighted by Gasteiger charge is -2.20. The molecule has 3 aromatic rings. The van der Waals surface area contributed by atoms with E-state index in [9.17, 15) is 9.82 Å². The molecule has 2 heterocycles. The first-order valence-corrected chi connectivity index (χ1v) is 9.14. The Bertz CT molecular complexity index is 1090. The van der Waals surface area contributed by atoms with E-state index in [0.29, 0.717) is 17.0 Å². The number of pyridine rings is 1. The highest BCUT2D eigenvalue weighted by Gasteiger charge is 2.29. The van der Waals surface area contributed by atoms with Crippen LogP contribution in [-0.4, -0.2) is 35.4 Å². The number of Topliss-reactive ketones (excluding diaryl/α,β-unsaturated/α-hetero) is 1. The van der Waals surface area contributed by atoms with Crippen LogP contribution in [0.4, 0.5) is 5.69 Å². The predicted molar refractivity (Wildman–Crippen MR) is 121 cm³/mol. The average Bonchev–Trinajstić information content (AvgIpc) is 2.68. The highest BCUT2D eigenvalue weighted by Crippen LogP contribution is 2.24. The molecule has 1 atom stereocenters. The van der Waals surface area contributed by atoms with Gasteiger partial charge in [0.05, 0.1) is 11.6 Å². The zero-order valence-corrected chi connectivity index (χ0v) is 17.0. The van der Waals surface area contributed by atoms with Crippen molar-refractivity contribution in [2.45, 2.75) is 19.3 Å². The van der Waals surface area contributed by atoms with Crippen molar-refractivity contribution in [3.05, 3.63) is 66.0 Å². The summed E-state index contributed by atoms with van der Waals surface area (Å²) in [6.45, 7) is 1.88. The number of hydrogen-bond acceptors (Lipinski definition) is 6. The highest BCUT2D eigenvalue weighted by atomic mass is 32.1. The smallest absolute Gasteiger partial charge is 0.522 e. The van der Waals surface area contributed by atoms with Crippen molar-refractivity contribution in [1.29, 1.82) is 0 Å². The summed E-state index contributed by atoms with van der Waals surface area (Å²) < 4.78 is 5.26. The zero-order chi connectivity index (χ0) is 19.7. The number of aliphatic imine (C=N–C) groups is 1. The van der Waals surface area contributed by atoms with Crippen LogP contribution in [0.5, 0.6) is 0 Å². The minimum Gasteiger partial charge on any atom is -0.522 e. The number of nitrogens with zero attached hydrogens (tertiary/aromatic N) is 2. The summed E-state index contributed by atoms with van der Waals surface area (Å²) in [7, 11) is -1.09. The zero-order valence-electron chi connectivity index (χ0n) is 16.0. The molecule has 8 heteroatoms. The molecule has 0 radical (unpaired) electrons. The molecule has 6 nitrogen and oxygen atoms in total. The van der Waals surface area contributed by atoms with E-state index in [0.717, 1.165) is 21.9 Å². The largest absolute Gasteiger partial charge is 0.563 e. The molecule has 0 unspecified atom stereocenters. The molecule has 0 spiro atoms. The number of nitrogens with two attached hydrogens (primary N) is 1. The molecule has 0 amide bonds. The van der Waals surface area contributed by atoms with Crippen molar-refractivity contribution in [1.82, 2.24) is 4.98 Å². The molecule has 1 aliphatic rings. The Kier molecular flexibility index (Phi) is 6.37. The number of ketones is 1. The summed E-state index contributed by atoms with van der Waals surface area (Å²) in [6.07, 6.45) is 3.82. The monoisotopic (exact) mass is 407 g/mol. The molecule has 0 saturated heterocycles. The maximum Gasteiger partial charge on any atom is 0.563 e. The van der Waals surface area contributed by atoms with Gasteiger partial charge in [-0.3, -0.25) is 9.78 Å². The molecule has 4 rings (SSSR count). The lowest BCUT2D eigenvalue weighted by atomic mass is 9.75. The molecular weight excluding hydrogens is 385 g/mol. The molecule has 3 N–H and O–H groups in total. The van der Waals surface area contributed by atoms with Crippen molar-refractivity contribution in [3.8, 4) is 0 Å². The van der Waals surface area contributed by atoms with Gasteiger partial charge in [0.1, 0.15) is 5.78 Å². The second kappa shape index (κ2) is 8.77. The highest BCUT2D eigenvalue weighted by molar-refractivity contribution is 7.59. The first-order valence-electron chi connectivity index (χ1n) is 9.14. The van der Waals surface area contributed by atoms with Crippen molar-refractivity contribution in [2.24, 2.45) is 10.7 Å². The number of benzene rings is 2. The van der Waals surface area contributed by atoms with Gasteiger partial charge in [-0.25, -0.2) is 4.99 Å². The topological polar surface area (TPSA) is 97.8 Å². The summed E-state index contributed by atoms with van der Waals surface area (Å²) in [4.78, 5) is 21.4. The number of carbonyl (C=O) groups excluding carboxylic acids is 1. The molecular formula is C21H22BN3O3S. The summed E-state index contributed by atoms with van der Waals surface area (Å²) in [5, 5.41) is 12.2. The van der Waals surface area contributed by atoms with E-state index in [4.69, 9.17) is 10.4 Å². The van der Waals surface area contributed by atoms with Gasteiger partial charge in [0.15, 0.2) is 5.90 Å². The minimum atomic E-state index is -1.09. The third-order valence-electron chi connectivity index (χ3n) is 4.99. The van der Waals surface area contributed by atoms with Crippen molar-refractivity contribution in [2.75, 3.05) is 6.54 Å². The summed E-state index contributed by atoms with van der Waals surface area (Å²) >= 11 is 0. The van der Waals surface area contributed by atoms with Gasteiger partial charge in [0, 0.05) is 43.1 Å². The summed E-state index contributed by atoms with van der Waals surface area (Å²) in [6, 6.07) is 13.2. The minimum absolute atomic E-state index is 0. The number of rotatable bonds is 5. The molecule has 1 aliphatic heterocycles. The van der Waals surface area contributed by atoms with Crippen LogP contribution in [-0.2, 0) is 15.9 Å². The van der Waals surface area contributed by atoms with Crippen LogP contribution in [0.25, 0.3) is 10.8 Å². The molecule has 2 aromatic carbocycles. The SMILES string of the molecule is CC1=Nc2ccc([C@@H](CN)C(=O)Cc3ccc4cnccc4c3)cc2B(O)O1.S. The van der Waals surface area contributed by atoms with Crippen LogP contribution >= 0.6 is 13.5 Å². The third kappa shape index (κ3) is 4.34. The second-order valence-electron chi connectivity index (χ2n) is 6.91. The van der Waals surface area contributed by atoms with Gasteiger partial charge >= 0.3 is 7.12 Å². The second-order valence-corrected chi connectivity index (χ2v) is 6.91. The first kappa shape index (κ1) is 21.0. The van der Waals surface area contributed by atoms with Crippen LogP contribution in [0.1, 0.15) is 24.0 Å². The molecule has 0 fully saturated rings. The molecule has 29 heavy (non-hydrogen) atoms. The van der Waals surface area contributed by atoms with Crippen LogP contribution in [0.2, 0.25) is 0 Å². The van der Waals surface area contributed by atoms with Crippen LogP contribution in [0.15, 0.2) is 59.9 Å². The Labute approximate surface area is 176 Å². The Morgan fingerprint density at radius 2 is 2.03 bits per heavy atom. The fourth-order valence-corrected chi connectivity index (χ4v) is 3.53. The van der Waals surface area contributed by atoms with E-state index in [2.05, 4.69) is 9.98 Å².